The summed E-state index contributed by atoms with van der Waals surface area (Å²) in [4.78, 5) is 12.1. The minimum absolute atomic E-state index is 0.257. The summed E-state index contributed by atoms with van der Waals surface area (Å²) in [6, 6.07) is 1.59. The predicted molar refractivity (Wildman–Crippen MR) is 57.6 cm³/mol. The van der Waals surface area contributed by atoms with E-state index in [2.05, 4.69) is 10.1 Å². The number of nitrogens with one attached hydrogen (secondary N) is 1. The molecule has 0 bridgehead atoms. The first-order valence-corrected chi connectivity index (χ1v) is 5.43. The normalized spacial score (nSPS) is 12.5. The van der Waals surface area contributed by atoms with Gasteiger partial charge in [-0.05, 0) is 13.0 Å². The summed E-state index contributed by atoms with van der Waals surface area (Å²) in [5, 5.41) is 5.64. The lowest BCUT2D eigenvalue weighted by molar-refractivity contribution is -0.142. The van der Waals surface area contributed by atoms with Crippen molar-refractivity contribution in [1.29, 1.82) is 0 Å². The van der Waals surface area contributed by atoms with Crippen LogP contribution in [0.5, 0.6) is 0 Å². The molecule has 0 aliphatic rings. The van der Waals surface area contributed by atoms with Crippen LogP contribution in [0.25, 0.3) is 0 Å². The van der Waals surface area contributed by atoms with Crippen molar-refractivity contribution in [3.8, 4) is 0 Å². The molecule has 0 amide bonds. The largest absolute Gasteiger partial charge is 0.468 e. The Bertz CT molecular complexity index is 314. The number of methoxy groups -OCH3 is 1. The van der Waals surface area contributed by atoms with E-state index >= 15 is 0 Å². The molecular weight excluding hydrogens is 222 g/mol. The topological polar surface area (TPSA) is 38.3 Å². The Morgan fingerprint density at radius 3 is 3.00 bits per heavy atom. The molecule has 0 radical (unpaired) electrons. The van der Waals surface area contributed by atoms with E-state index in [9.17, 15) is 4.79 Å². The van der Waals surface area contributed by atoms with Crippen LogP contribution in [0.15, 0.2) is 11.4 Å². The Morgan fingerprint density at radius 2 is 2.50 bits per heavy atom. The molecule has 1 rings (SSSR count). The summed E-state index contributed by atoms with van der Waals surface area (Å²) in [6.07, 6.45) is 0. The van der Waals surface area contributed by atoms with Gasteiger partial charge in [0.1, 0.15) is 6.04 Å². The van der Waals surface area contributed by atoms with E-state index in [0.29, 0.717) is 6.54 Å². The van der Waals surface area contributed by atoms with Crippen LogP contribution in [-0.4, -0.2) is 19.1 Å². The first kappa shape index (κ1) is 11.5. The van der Waals surface area contributed by atoms with Crippen molar-refractivity contribution in [2.45, 2.75) is 19.5 Å². The Balaban J connectivity index is 2.37. The maximum atomic E-state index is 11.0. The molecule has 0 saturated carbocycles. The number of esters is 1. The van der Waals surface area contributed by atoms with Crippen LogP contribution in [-0.2, 0) is 16.1 Å². The van der Waals surface area contributed by atoms with Gasteiger partial charge in [0, 0.05) is 16.8 Å². The van der Waals surface area contributed by atoms with Gasteiger partial charge in [-0.25, -0.2) is 0 Å². The van der Waals surface area contributed by atoms with Gasteiger partial charge >= 0.3 is 5.97 Å². The van der Waals surface area contributed by atoms with Gasteiger partial charge in [0.15, 0.2) is 0 Å². The van der Waals surface area contributed by atoms with E-state index in [0.717, 1.165) is 9.90 Å². The molecule has 0 aliphatic heterocycles. The van der Waals surface area contributed by atoms with Gasteiger partial charge < -0.3 is 4.74 Å². The lowest BCUT2D eigenvalue weighted by atomic mass is 10.3. The van der Waals surface area contributed by atoms with Crippen molar-refractivity contribution < 1.29 is 9.53 Å². The molecule has 3 nitrogen and oxygen atoms in total. The zero-order chi connectivity index (χ0) is 10.6. The van der Waals surface area contributed by atoms with Gasteiger partial charge in [-0.1, -0.05) is 11.6 Å². The molecule has 0 aliphatic carbocycles. The molecule has 1 N–H and O–H groups in total. The molecule has 0 fully saturated rings. The van der Waals surface area contributed by atoms with Crippen molar-refractivity contribution in [3.05, 3.63) is 21.3 Å². The molecular formula is C9H12ClNO2S. The number of carbonyl (C=O) groups excluding carboxylic acids is 1. The van der Waals surface area contributed by atoms with Crippen molar-refractivity contribution in [3.63, 3.8) is 0 Å². The summed E-state index contributed by atoms with van der Waals surface area (Å²) in [7, 11) is 1.38. The van der Waals surface area contributed by atoms with Crippen LogP contribution < -0.4 is 5.32 Å². The zero-order valence-corrected chi connectivity index (χ0v) is 9.61. The van der Waals surface area contributed by atoms with Crippen molar-refractivity contribution in [2.75, 3.05) is 7.11 Å². The Kier molecular flexibility index (Phi) is 4.38. The highest BCUT2D eigenvalue weighted by Crippen LogP contribution is 2.18. The highest BCUT2D eigenvalue weighted by atomic mass is 35.5. The third-order valence-corrected chi connectivity index (χ3v) is 3.04. The number of hydrogen-bond donors (Lipinski definition) is 1. The second kappa shape index (κ2) is 5.34. The van der Waals surface area contributed by atoms with Gasteiger partial charge in [-0.2, -0.15) is 0 Å². The Labute approximate surface area is 92.0 Å². The van der Waals surface area contributed by atoms with E-state index in [1.807, 2.05) is 11.4 Å². The highest BCUT2D eigenvalue weighted by Gasteiger charge is 2.11. The fraction of sp³-hybridized carbons (Fsp3) is 0.444. The van der Waals surface area contributed by atoms with E-state index in [1.54, 1.807) is 18.3 Å². The zero-order valence-electron chi connectivity index (χ0n) is 8.04. The van der Waals surface area contributed by atoms with E-state index in [1.165, 1.54) is 7.11 Å². The van der Waals surface area contributed by atoms with Gasteiger partial charge in [0.2, 0.25) is 0 Å². The highest BCUT2D eigenvalue weighted by molar-refractivity contribution is 7.10. The minimum Gasteiger partial charge on any atom is -0.468 e. The molecule has 0 spiro atoms. The molecule has 1 atom stereocenters. The Hall–Kier alpha value is -0.580. The molecule has 0 saturated heterocycles. The molecule has 14 heavy (non-hydrogen) atoms. The second-order valence-electron chi connectivity index (χ2n) is 2.86. The number of rotatable bonds is 4. The maximum Gasteiger partial charge on any atom is 0.322 e. The van der Waals surface area contributed by atoms with E-state index in [4.69, 9.17) is 11.6 Å². The number of ether oxygens (including phenoxy) is 1. The standard InChI is InChI=1S/C9H12ClNO2S/c1-6(9(12)13-2)11-4-8-3-7(10)5-14-8/h3,5-6,11H,4H2,1-2H3. The lowest BCUT2D eigenvalue weighted by Crippen LogP contribution is -2.34. The fourth-order valence-electron chi connectivity index (χ4n) is 0.960. The summed E-state index contributed by atoms with van der Waals surface area (Å²) < 4.78 is 4.58. The van der Waals surface area contributed by atoms with Crippen molar-refractivity contribution in [2.24, 2.45) is 0 Å². The lowest BCUT2D eigenvalue weighted by Gasteiger charge is -2.09. The summed E-state index contributed by atoms with van der Waals surface area (Å²) in [5.74, 6) is -0.257. The van der Waals surface area contributed by atoms with Crippen LogP contribution in [0, 0.1) is 0 Å². The molecule has 1 unspecified atom stereocenters. The summed E-state index contributed by atoms with van der Waals surface area (Å²) >= 11 is 7.32. The smallest absolute Gasteiger partial charge is 0.322 e. The van der Waals surface area contributed by atoms with E-state index in [-0.39, 0.29) is 12.0 Å². The monoisotopic (exact) mass is 233 g/mol. The molecule has 1 aromatic rings. The minimum atomic E-state index is -0.291. The van der Waals surface area contributed by atoms with Crippen LogP contribution >= 0.6 is 22.9 Å². The molecule has 5 heteroatoms. The first-order chi connectivity index (χ1) is 6.63. The second-order valence-corrected chi connectivity index (χ2v) is 4.29. The van der Waals surface area contributed by atoms with Gasteiger partial charge in [-0.3, -0.25) is 10.1 Å². The molecule has 0 aromatic carbocycles. The molecule has 78 valence electrons. The Morgan fingerprint density at radius 1 is 1.79 bits per heavy atom. The number of carbonyl (C=O) groups is 1. The summed E-state index contributed by atoms with van der Waals surface area (Å²) in [5.41, 5.74) is 0. The average Bonchev–Trinajstić information content (AvgIpc) is 2.59. The third-order valence-electron chi connectivity index (χ3n) is 1.76. The van der Waals surface area contributed by atoms with Gasteiger partial charge in [-0.15, -0.1) is 11.3 Å². The quantitative estimate of drug-likeness (QED) is 0.809. The number of thiophene rings is 1. The average molecular weight is 234 g/mol. The van der Waals surface area contributed by atoms with Crippen molar-refractivity contribution in [1.82, 2.24) is 5.32 Å². The summed E-state index contributed by atoms with van der Waals surface area (Å²) in [6.45, 7) is 2.40. The fourth-order valence-corrected chi connectivity index (χ4v) is 1.98. The van der Waals surface area contributed by atoms with Gasteiger partial charge in [0.05, 0.1) is 12.1 Å². The van der Waals surface area contributed by atoms with Crippen LogP contribution in [0.2, 0.25) is 5.02 Å². The van der Waals surface area contributed by atoms with E-state index < -0.39 is 0 Å². The van der Waals surface area contributed by atoms with Crippen LogP contribution in [0.3, 0.4) is 0 Å². The first-order valence-electron chi connectivity index (χ1n) is 4.17. The molecule has 1 aromatic heterocycles. The number of halogens is 1. The van der Waals surface area contributed by atoms with Crippen molar-refractivity contribution >= 4 is 28.9 Å². The van der Waals surface area contributed by atoms with Crippen LogP contribution in [0.1, 0.15) is 11.8 Å². The maximum absolute atomic E-state index is 11.0. The van der Waals surface area contributed by atoms with Crippen LogP contribution in [0.4, 0.5) is 0 Å². The number of hydrogen-bond acceptors (Lipinski definition) is 4. The van der Waals surface area contributed by atoms with Gasteiger partial charge in [0.25, 0.3) is 0 Å². The SMILES string of the molecule is COC(=O)C(C)NCc1cc(Cl)cs1. The molecule has 1 heterocycles. The third kappa shape index (κ3) is 3.29. The predicted octanol–water partition coefficient (Wildman–Crippen LogP) is 2.05.